The van der Waals surface area contributed by atoms with Crippen molar-refractivity contribution in [1.29, 1.82) is 0 Å². The molecule has 0 bridgehead atoms. The van der Waals surface area contributed by atoms with E-state index in [-0.39, 0.29) is 11.7 Å². The summed E-state index contributed by atoms with van der Waals surface area (Å²) in [6.45, 7) is 5.47. The first-order chi connectivity index (χ1) is 14.5. The van der Waals surface area contributed by atoms with E-state index in [0.717, 1.165) is 38.2 Å². The molecule has 0 amide bonds. The zero-order chi connectivity index (χ0) is 21.8. The number of piperazine rings is 1. The molecule has 1 aliphatic heterocycles. The molecule has 0 spiro atoms. The minimum Gasteiger partial charge on any atom is -0.469 e. The van der Waals surface area contributed by atoms with Gasteiger partial charge in [0.05, 0.1) is 12.8 Å². The first kappa shape index (κ1) is 24.1. The van der Waals surface area contributed by atoms with Crippen molar-refractivity contribution in [3.8, 4) is 0 Å². The number of nitrogens with zero attached hydrogens (tertiary/aromatic N) is 4. The van der Waals surface area contributed by atoms with Gasteiger partial charge in [-0.3, -0.25) is 9.79 Å². The van der Waals surface area contributed by atoms with Gasteiger partial charge in [-0.1, -0.05) is 18.0 Å². The lowest BCUT2D eigenvalue weighted by Gasteiger charge is -2.35. The van der Waals surface area contributed by atoms with Gasteiger partial charge in [0.15, 0.2) is 5.96 Å². The number of aliphatic imine (C=N–C) groups is 1. The molecule has 30 heavy (non-hydrogen) atoms. The van der Waals surface area contributed by atoms with Crippen LogP contribution in [0.3, 0.4) is 0 Å². The van der Waals surface area contributed by atoms with Crippen molar-refractivity contribution in [2.75, 3.05) is 46.4 Å². The second-order valence-corrected chi connectivity index (χ2v) is 9.08. The van der Waals surface area contributed by atoms with Crippen LogP contribution in [-0.4, -0.2) is 81.1 Å². The minimum absolute atomic E-state index is 0.145. The number of sulfonamides is 1. The summed E-state index contributed by atoms with van der Waals surface area (Å²) in [5.74, 6) is 0.512. The summed E-state index contributed by atoms with van der Waals surface area (Å²) in [6.07, 6.45) is 5.61. The fraction of sp³-hybridized carbons (Fsp3) is 0.737. The van der Waals surface area contributed by atoms with E-state index in [0.29, 0.717) is 44.8 Å². The molecule has 0 unspecified atom stereocenters. The SMILES string of the molecule is CCNC(=NCCCCCCC(=O)OC)N1CCN(S(=O)(=O)Cc2ccon2)CC1. The second kappa shape index (κ2) is 12.5. The lowest BCUT2D eigenvalue weighted by molar-refractivity contribution is -0.140. The van der Waals surface area contributed by atoms with Crippen LogP contribution >= 0.6 is 0 Å². The molecule has 1 saturated heterocycles. The summed E-state index contributed by atoms with van der Waals surface area (Å²) < 4.78 is 36.0. The van der Waals surface area contributed by atoms with Crippen LogP contribution in [0.1, 0.15) is 44.7 Å². The average molecular weight is 444 g/mol. The summed E-state index contributed by atoms with van der Waals surface area (Å²) in [5, 5.41) is 6.99. The van der Waals surface area contributed by atoms with Crippen molar-refractivity contribution in [2.24, 2.45) is 4.99 Å². The van der Waals surface area contributed by atoms with E-state index >= 15 is 0 Å². The number of aromatic nitrogens is 1. The van der Waals surface area contributed by atoms with Crippen LogP contribution in [0, 0.1) is 0 Å². The molecule has 1 aromatic rings. The van der Waals surface area contributed by atoms with Crippen LogP contribution in [0.25, 0.3) is 0 Å². The number of guanidine groups is 1. The van der Waals surface area contributed by atoms with Gasteiger partial charge in [0.1, 0.15) is 12.0 Å². The first-order valence-electron chi connectivity index (χ1n) is 10.4. The van der Waals surface area contributed by atoms with E-state index in [1.165, 1.54) is 17.7 Å². The van der Waals surface area contributed by atoms with Crippen molar-refractivity contribution in [3.05, 3.63) is 18.0 Å². The maximum absolute atomic E-state index is 12.6. The van der Waals surface area contributed by atoms with E-state index in [2.05, 4.69) is 25.1 Å². The van der Waals surface area contributed by atoms with Crippen LogP contribution in [-0.2, 0) is 25.3 Å². The Morgan fingerprint density at radius 1 is 1.23 bits per heavy atom. The minimum atomic E-state index is -3.41. The Hall–Kier alpha value is -2.14. The van der Waals surface area contributed by atoms with Crippen LogP contribution in [0.5, 0.6) is 0 Å². The Bertz CT molecular complexity index is 758. The molecule has 170 valence electrons. The second-order valence-electron chi connectivity index (χ2n) is 7.11. The van der Waals surface area contributed by atoms with E-state index in [1.54, 1.807) is 6.07 Å². The summed E-state index contributed by atoms with van der Waals surface area (Å²) in [7, 11) is -2.01. The number of unbranched alkanes of at least 4 members (excludes halogenated alkanes) is 3. The lowest BCUT2D eigenvalue weighted by Crippen LogP contribution is -2.53. The molecule has 0 radical (unpaired) electrons. The number of rotatable bonds is 11. The summed E-state index contributed by atoms with van der Waals surface area (Å²) in [5.41, 5.74) is 0.416. The Kier molecular flexibility index (Phi) is 10.1. The predicted octanol–water partition coefficient (Wildman–Crippen LogP) is 1.21. The molecule has 1 fully saturated rings. The number of esters is 1. The monoisotopic (exact) mass is 443 g/mol. The van der Waals surface area contributed by atoms with Gasteiger partial charge in [-0.05, 0) is 19.8 Å². The van der Waals surface area contributed by atoms with Crippen molar-refractivity contribution < 1.29 is 22.5 Å². The maximum atomic E-state index is 12.6. The Morgan fingerprint density at radius 3 is 2.60 bits per heavy atom. The molecule has 0 saturated carbocycles. The fourth-order valence-corrected chi connectivity index (χ4v) is 4.64. The lowest BCUT2D eigenvalue weighted by atomic mass is 10.1. The maximum Gasteiger partial charge on any atom is 0.305 e. The zero-order valence-corrected chi connectivity index (χ0v) is 18.7. The summed E-state index contributed by atoms with van der Waals surface area (Å²) >= 11 is 0. The molecule has 0 aromatic carbocycles. The highest BCUT2D eigenvalue weighted by Crippen LogP contribution is 2.13. The number of carbonyl (C=O) groups excluding carboxylic acids is 1. The Morgan fingerprint density at radius 2 is 1.97 bits per heavy atom. The highest BCUT2D eigenvalue weighted by molar-refractivity contribution is 7.88. The van der Waals surface area contributed by atoms with Gasteiger partial charge in [0, 0.05) is 51.8 Å². The van der Waals surface area contributed by atoms with Crippen molar-refractivity contribution in [2.45, 2.75) is 44.8 Å². The van der Waals surface area contributed by atoms with Gasteiger partial charge < -0.3 is 19.5 Å². The van der Waals surface area contributed by atoms with E-state index in [9.17, 15) is 13.2 Å². The molecule has 10 nitrogen and oxygen atoms in total. The molecule has 0 aliphatic carbocycles. The van der Waals surface area contributed by atoms with Crippen molar-refractivity contribution >= 4 is 22.0 Å². The summed E-state index contributed by atoms with van der Waals surface area (Å²) in [4.78, 5) is 17.9. The Labute approximate surface area is 178 Å². The molecule has 2 rings (SSSR count). The number of nitrogens with one attached hydrogen (secondary N) is 1. The molecule has 2 heterocycles. The van der Waals surface area contributed by atoms with Crippen LogP contribution in [0.15, 0.2) is 21.8 Å². The fourth-order valence-electron chi connectivity index (χ4n) is 3.22. The topological polar surface area (TPSA) is 117 Å². The smallest absolute Gasteiger partial charge is 0.305 e. The Balaban J connectivity index is 1.76. The quantitative estimate of drug-likeness (QED) is 0.235. The molecule has 0 atom stereocenters. The highest BCUT2D eigenvalue weighted by Gasteiger charge is 2.28. The normalized spacial score (nSPS) is 15.9. The molecular weight excluding hydrogens is 410 g/mol. The molecular formula is C19H33N5O5S. The van der Waals surface area contributed by atoms with E-state index in [1.807, 2.05) is 6.92 Å². The van der Waals surface area contributed by atoms with Crippen LogP contribution < -0.4 is 5.32 Å². The van der Waals surface area contributed by atoms with Gasteiger partial charge in [-0.25, -0.2) is 8.42 Å². The van der Waals surface area contributed by atoms with Gasteiger partial charge >= 0.3 is 5.97 Å². The predicted molar refractivity (Wildman–Crippen MR) is 113 cm³/mol. The number of methoxy groups -OCH3 is 1. The van der Waals surface area contributed by atoms with Gasteiger partial charge in [-0.2, -0.15) is 4.31 Å². The van der Waals surface area contributed by atoms with Crippen LogP contribution in [0.4, 0.5) is 0 Å². The van der Waals surface area contributed by atoms with Gasteiger partial charge in [-0.15, -0.1) is 0 Å². The third kappa shape index (κ3) is 7.94. The third-order valence-corrected chi connectivity index (χ3v) is 6.68. The first-order valence-corrected chi connectivity index (χ1v) is 12.0. The number of hydrogen-bond donors (Lipinski definition) is 1. The molecule has 11 heteroatoms. The number of hydrogen-bond acceptors (Lipinski definition) is 7. The van der Waals surface area contributed by atoms with Crippen LogP contribution in [0.2, 0.25) is 0 Å². The van der Waals surface area contributed by atoms with Gasteiger partial charge in [0.25, 0.3) is 0 Å². The number of ether oxygens (including phenoxy) is 1. The molecule has 1 N–H and O–H groups in total. The van der Waals surface area contributed by atoms with Crippen molar-refractivity contribution in [1.82, 2.24) is 19.7 Å². The average Bonchev–Trinajstić information content (AvgIpc) is 3.24. The van der Waals surface area contributed by atoms with Gasteiger partial charge in [0.2, 0.25) is 10.0 Å². The summed E-state index contributed by atoms with van der Waals surface area (Å²) in [6, 6.07) is 1.57. The highest BCUT2D eigenvalue weighted by atomic mass is 32.2. The molecule has 1 aromatic heterocycles. The largest absolute Gasteiger partial charge is 0.469 e. The van der Waals surface area contributed by atoms with Crippen molar-refractivity contribution in [3.63, 3.8) is 0 Å². The zero-order valence-electron chi connectivity index (χ0n) is 17.9. The van der Waals surface area contributed by atoms with E-state index < -0.39 is 10.0 Å². The van der Waals surface area contributed by atoms with E-state index in [4.69, 9.17) is 4.52 Å². The third-order valence-electron chi connectivity index (χ3n) is 4.87. The standard InChI is InChI=1S/C19H33N5O5S/c1-3-20-19(21-10-7-5-4-6-8-18(25)28-2)23-11-13-24(14-12-23)30(26,27)16-17-9-15-29-22-17/h9,15H,3-8,10-14,16H2,1-2H3,(H,20,21). The molecule has 1 aliphatic rings. The number of carbonyl (C=O) groups is 1.